The number of carbonyl (C=O) groups is 1. The molecule has 27 heavy (non-hydrogen) atoms. The van der Waals surface area contributed by atoms with Gasteiger partial charge in [0.25, 0.3) is 0 Å². The van der Waals surface area contributed by atoms with E-state index in [0.29, 0.717) is 25.6 Å². The van der Waals surface area contributed by atoms with E-state index in [2.05, 4.69) is 32.7 Å². The van der Waals surface area contributed by atoms with Crippen LogP contribution in [0.15, 0.2) is 29.3 Å². The third kappa shape index (κ3) is 7.49. The molecule has 0 radical (unpaired) electrons. The molecule has 0 spiro atoms. The van der Waals surface area contributed by atoms with Crippen LogP contribution in [0.1, 0.15) is 51.5 Å². The van der Waals surface area contributed by atoms with E-state index in [4.69, 9.17) is 4.74 Å². The number of rotatable bonds is 9. The van der Waals surface area contributed by atoms with Crippen LogP contribution in [0.5, 0.6) is 5.75 Å². The summed E-state index contributed by atoms with van der Waals surface area (Å²) in [5.41, 5.74) is 1.19. The molecule has 0 aliphatic heterocycles. The Labute approximate surface area is 163 Å². The fraction of sp³-hybridized carbons (Fsp3) is 0.619. The fourth-order valence-electron chi connectivity index (χ4n) is 3.31. The lowest BCUT2D eigenvalue weighted by atomic mass is 10.2. The molecule has 1 aliphatic carbocycles. The van der Waals surface area contributed by atoms with Crippen molar-refractivity contribution >= 4 is 11.9 Å². The van der Waals surface area contributed by atoms with Crippen LogP contribution in [0.25, 0.3) is 0 Å². The van der Waals surface area contributed by atoms with Crippen LogP contribution in [-0.2, 0) is 11.3 Å². The third-order valence-corrected chi connectivity index (χ3v) is 4.67. The van der Waals surface area contributed by atoms with Gasteiger partial charge in [0.1, 0.15) is 5.75 Å². The molecule has 2 rings (SSSR count). The van der Waals surface area contributed by atoms with Gasteiger partial charge in [0.15, 0.2) is 5.96 Å². The number of carbonyl (C=O) groups excluding carboxylic acids is 1. The summed E-state index contributed by atoms with van der Waals surface area (Å²) in [6.45, 7) is 6.73. The maximum absolute atomic E-state index is 12.1. The SMILES string of the molecule is CCNC(=NCCC(=O)NC1CCCC1)N(C)Cc1ccc(OCC)cc1. The van der Waals surface area contributed by atoms with Crippen molar-refractivity contribution in [1.29, 1.82) is 0 Å². The van der Waals surface area contributed by atoms with E-state index in [1.807, 2.05) is 33.0 Å². The molecule has 0 unspecified atom stereocenters. The summed E-state index contributed by atoms with van der Waals surface area (Å²) in [5.74, 6) is 1.81. The largest absolute Gasteiger partial charge is 0.494 e. The number of benzene rings is 1. The second-order valence-electron chi connectivity index (χ2n) is 6.97. The number of amides is 1. The summed E-state index contributed by atoms with van der Waals surface area (Å²) in [4.78, 5) is 18.8. The van der Waals surface area contributed by atoms with Crippen LogP contribution in [0.4, 0.5) is 0 Å². The molecule has 0 aromatic heterocycles. The lowest BCUT2D eigenvalue weighted by molar-refractivity contribution is -0.121. The van der Waals surface area contributed by atoms with E-state index in [1.165, 1.54) is 18.4 Å². The average molecular weight is 375 g/mol. The summed E-state index contributed by atoms with van der Waals surface area (Å²) in [5, 5.41) is 6.42. The Morgan fingerprint density at radius 1 is 1.22 bits per heavy atom. The molecule has 0 bridgehead atoms. The van der Waals surface area contributed by atoms with E-state index >= 15 is 0 Å². The molecule has 1 amide bonds. The molecular weight excluding hydrogens is 340 g/mol. The standard InChI is InChI=1S/C21H34N4O2/c1-4-22-21(23-15-14-20(26)24-18-8-6-7-9-18)25(3)16-17-10-12-19(13-11-17)27-5-2/h10-13,18H,4-9,14-16H2,1-3H3,(H,22,23)(H,24,26). The molecule has 6 nitrogen and oxygen atoms in total. The van der Waals surface area contributed by atoms with Crippen molar-refractivity contribution in [2.24, 2.45) is 4.99 Å². The Morgan fingerprint density at radius 3 is 2.56 bits per heavy atom. The van der Waals surface area contributed by atoms with Crippen LogP contribution >= 0.6 is 0 Å². The molecule has 150 valence electrons. The monoisotopic (exact) mass is 374 g/mol. The molecule has 0 atom stereocenters. The zero-order valence-electron chi connectivity index (χ0n) is 17.0. The van der Waals surface area contributed by atoms with Crippen molar-refractivity contribution in [2.75, 3.05) is 26.7 Å². The first-order chi connectivity index (χ1) is 13.1. The summed E-state index contributed by atoms with van der Waals surface area (Å²) in [6.07, 6.45) is 5.11. The molecule has 1 aliphatic rings. The van der Waals surface area contributed by atoms with Gasteiger partial charge in [-0.05, 0) is 44.4 Å². The molecule has 1 fully saturated rings. The summed E-state index contributed by atoms with van der Waals surface area (Å²) < 4.78 is 5.49. The van der Waals surface area contributed by atoms with Crippen LogP contribution in [-0.4, -0.2) is 49.6 Å². The zero-order chi connectivity index (χ0) is 19.5. The van der Waals surface area contributed by atoms with Gasteiger partial charge in [-0.1, -0.05) is 25.0 Å². The first kappa shape index (κ1) is 21.1. The van der Waals surface area contributed by atoms with Gasteiger partial charge < -0.3 is 20.3 Å². The highest BCUT2D eigenvalue weighted by Gasteiger charge is 2.16. The van der Waals surface area contributed by atoms with Gasteiger partial charge >= 0.3 is 0 Å². The van der Waals surface area contributed by atoms with Gasteiger partial charge in [0, 0.05) is 32.6 Å². The number of aliphatic imine (C=N–C) groups is 1. The van der Waals surface area contributed by atoms with Crippen molar-refractivity contribution in [3.8, 4) is 5.75 Å². The highest BCUT2D eigenvalue weighted by Crippen LogP contribution is 2.17. The normalized spacial score (nSPS) is 14.9. The van der Waals surface area contributed by atoms with E-state index in [0.717, 1.165) is 37.6 Å². The Hall–Kier alpha value is -2.24. The van der Waals surface area contributed by atoms with Crippen molar-refractivity contribution < 1.29 is 9.53 Å². The number of guanidine groups is 1. The van der Waals surface area contributed by atoms with Gasteiger partial charge in [-0.3, -0.25) is 9.79 Å². The number of ether oxygens (including phenoxy) is 1. The van der Waals surface area contributed by atoms with Crippen LogP contribution in [0, 0.1) is 0 Å². The minimum absolute atomic E-state index is 0.107. The van der Waals surface area contributed by atoms with Gasteiger partial charge in [-0.15, -0.1) is 0 Å². The second kappa shape index (κ2) is 11.5. The predicted octanol–water partition coefficient (Wildman–Crippen LogP) is 2.93. The van der Waals surface area contributed by atoms with Gasteiger partial charge in [-0.25, -0.2) is 0 Å². The highest BCUT2D eigenvalue weighted by molar-refractivity contribution is 5.80. The summed E-state index contributed by atoms with van der Waals surface area (Å²) in [7, 11) is 2.01. The van der Waals surface area contributed by atoms with E-state index < -0.39 is 0 Å². The molecule has 6 heteroatoms. The topological polar surface area (TPSA) is 66.0 Å². The Balaban J connectivity index is 1.83. The Bertz CT molecular complexity index is 595. The van der Waals surface area contributed by atoms with Crippen molar-refractivity contribution in [2.45, 2.75) is 58.5 Å². The third-order valence-electron chi connectivity index (χ3n) is 4.67. The van der Waals surface area contributed by atoms with E-state index in [9.17, 15) is 4.79 Å². The smallest absolute Gasteiger partial charge is 0.222 e. The highest BCUT2D eigenvalue weighted by atomic mass is 16.5. The lowest BCUT2D eigenvalue weighted by Gasteiger charge is -2.22. The van der Waals surface area contributed by atoms with Crippen molar-refractivity contribution in [3.05, 3.63) is 29.8 Å². The molecular formula is C21H34N4O2. The minimum Gasteiger partial charge on any atom is -0.494 e. The molecule has 0 heterocycles. The van der Waals surface area contributed by atoms with Crippen LogP contribution < -0.4 is 15.4 Å². The fourth-order valence-corrected chi connectivity index (χ4v) is 3.31. The molecule has 1 saturated carbocycles. The van der Waals surface area contributed by atoms with Gasteiger partial charge in [0.05, 0.1) is 13.2 Å². The lowest BCUT2D eigenvalue weighted by Crippen LogP contribution is -2.39. The van der Waals surface area contributed by atoms with Crippen molar-refractivity contribution in [3.63, 3.8) is 0 Å². The van der Waals surface area contributed by atoms with Gasteiger partial charge in [0.2, 0.25) is 5.91 Å². The molecule has 1 aromatic rings. The van der Waals surface area contributed by atoms with Crippen LogP contribution in [0.3, 0.4) is 0 Å². The number of nitrogens with zero attached hydrogens (tertiary/aromatic N) is 2. The minimum atomic E-state index is 0.107. The Morgan fingerprint density at radius 2 is 1.93 bits per heavy atom. The van der Waals surface area contributed by atoms with Gasteiger partial charge in [-0.2, -0.15) is 0 Å². The number of nitrogens with one attached hydrogen (secondary N) is 2. The number of hydrogen-bond acceptors (Lipinski definition) is 3. The molecule has 2 N–H and O–H groups in total. The molecule has 0 saturated heterocycles. The first-order valence-electron chi connectivity index (χ1n) is 10.1. The average Bonchev–Trinajstić information content (AvgIpc) is 3.15. The quantitative estimate of drug-likeness (QED) is 0.515. The van der Waals surface area contributed by atoms with Crippen molar-refractivity contribution in [1.82, 2.24) is 15.5 Å². The molecule has 1 aromatic carbocycles. The Kier molecular flexibility index (Phi) is 8.95. The predicted molar refractivity (Wildman–Crippen MR) is 110 cm³/mol. The van der Waals surface area contributed by atoms with Crippen LogP contribution in [0.2, 0.25) is 0 Å². The number of hydrogen-bond donors (Lipinski definition) is 2. The van der Waals surface area contributed by atoms with E-state index in [1.54, 1.807) is 0 Å². The zero-order valence-corrected chi connectivity index (χ0v) is 17.0. The maximum atomic E-state index is 12.1. The summed E-state index contributed by atoms with van der Waals surface area (Å²) >= 11 is 0. The summed E-state index contributed by atoms with van der Waals surface area (Å²) in [6, 6.07) is 8.49. The van der Waals surface area contributed by atoms with E-state index in [-0.39, 0.29) is 5.91 Å². The first-order valence-corrected chi connectivity index (χ1v) is 10.1. The maximum Gasteiger partial charge on any atom is 0.222 e. The second-order valence-corrected chi connectivity index (χ2v) is 6.97.